The molecule has 2 aromatic rings. The number of aliphatic hydroxyl groups is 2. The van der Waals surface area contributed by atoms with Gasteiger partial charge in [-0.2, -0.15) is 0 Å². The van der Waals surface area contributed by atoms with Gasteiger partial charge in [-0.05, 0) is 0 Å². The van der Waals surface area contributed by atoms with Crippen LogP contribution in [0, 0.1) is 5.82 Å². The first kappa shape index (κ1) is 13.2. The Morgan fingerprint density at radius 3 is 2.85 bits per heavy atom. The minimum absolute atomic E-state index is 0.0221. The number of alkyl halides is 1. The molecular weight excluding hydrogens is 274 g/mol. The summed E-state index contributed by atoms with van der Waals surface area (Å²) in [6, 6.07) is 0. The van der Waals surface area contributed by atoms with Crippen molar-refractivity contribution in [3.8, 4) is 0 Å². The molecule has 0 radical (unpaired) electrons. The van der Waals surface area contributed by atoms with Crippen LogP contribution in [0.25, 0.3) is 11.0 Å². The molecule has 20 heavy (non-hydrogen) atoms. The van der Waals surface area contributed by atoms with Gasteiger partial charge in [-0.3, -0.25) is 0 Å². The molecule has 0 spiro atoms. The fourth-order valence-corrected chi connectivity index (χ4v) is 2.34. The van der Waals surface area contributed by atoms with Crippen LogP contribution in [0.15, 0.2) is 12.5 Å². The highest BCUT2D eigenvalue weighted by Gasteiger charge is 2.45. The van der Waals surface area contributed by atoms with Gasteiger partial charge in [-0.25, -0.2) is 18.7 Å². The van der Waals surface area contributed by atoms with Gasteiger partial charge in [0.25, 0.3) is 0 Å². The van der Waals surface area contributed by atoms with Crippen molar-refractivity contribution in [1.82, 2.24) is 14.5 Å². The topological polar surface area (TPSA) is 106 Å². The third-order valence-electron chi connectivity index (χ3n) is 3.33. The number of nitrogen functional groups attached to an aromatic ring is 1. The number of fused-ring (bicyclic) bond motifs is 1. The van der Waals surface area contributed by atoms with Gasteiger partial charge in [0.15, 0.2) is 23.9 Å². The highest BCUT2D eigenvalue weighted by Crippen LogP contribution is 2.35. The SMILES string of the molecule is Nc1ncnc2c1c(F)cn2C1O[C@H](CO)[C@@H](F)[C@H]1O. The quantitative estimate of drug-likeness (QED) is 0.702. The second kappa shape index (κ2) is 4.62. The van der Waals surface area contributed by atoms with Crippen molar-refractivity contribution in [2.75, 3.05) is 12.3 Å². The molecule has 2 aromatic heterocycles. The molecule has 3 rings (SSSR count). The molecule has 0 aromatic carbocycles. The Hall–Kier alpha value is -1.84. The van der Waals surface area contributed by atoms with E-state index in [0.29, 0.717) is 0 Å². The second-order valence-electron chi connectivity index (χ2n) is 4.52. The number of hydrogen-bond donors (Lipinski definition) is 3. The highest BCUT2D eigenvalue weighted by molar-refractivity contribution is 5.86. The van der Waals surface area contributed by atoms with Crippen LogP contribution in [-0.4, -0.2) is 49.7 Å². The average molecular weight is 286 g/mol. The van der Waals surface area contributed by atoms with Gasteiger partial charge < -0.3 is 25.3 Å². The predicted molar refractivity (Wildman–Crippen MR) is 63.8 cm³/mol. The van der Waals surface area contributed by atoms with Gasteiger partial charge >= 0.3 is 0 Å². The molecule has 0 saturated carbocycles. The Kier molecular flexibility index (Phi) is 3.04. The van der Waals surface area contributed by atoms with Crippen LogP contribution < -0.4 is 5.73 Å². The summed E-state index contributed by atoms with van der Waals surface area (Å²) in [7, 11) is 0. The van der Waals surface area contributed by atoms with Crippen molar-refractivity contribution in [3.05, 3.63) is 18.3 Å². The first-order valence-corrected chi connectivity index (χ1v) is 5.89. The van der Waals surface area contributed by atoms with Crippen molar-refractivity contribution in [2.45, 2.75) is 24.6 Å². The van der Waals surface area contributed by atoms with E-state index in [9.17, 15) is 13.9 Å². The van der Waals surface area contributed by atoms with Crippen molar-refractivity contribution in [2.24, 2.45) is 0 Å². The maximum atomic E-state index is 13.9. The van der Waals surface area contributed by atoms with Gasteiger partial charge in [-0.15, -0.1) is 0 Å². The smallest absolute Gasteiger partial charge is 0.164 e. The lowest BCUT2D eigenvalue weighted by molar-refractivity contribution is -0.0494. The number of anilines is 1. The van der Waals surface area contributed by atoms with Crippen molar-refractivity contribution in [3.63, 3.8) is 0 Å². The van der Waals surface area contributed by atoms with E-state index in [0.717, 1.165) is 17.1 Å². The van der Waals surface area contributed by atoms with Gasteiger partial charge in [-0.1, -0.05) is 0 Å². The molecule has 0 aliphatic carbocycles. The molecule has 1 aliphatic heterocycles. The molecule has 4 N–H and O–H groups in total. The van der Waals surface area contributed by atoms with Gasteiger partial charge in [0.2, 0.25) is 0 Å². The monoisotopic (exact) mass is 286 g/mol. The summed E-state index contributed by atoms with van der Waals surface area (Å²) in [5, 5.41) is 18.8. The summed E-state index contributed by atoms with van der Waals surface area (Å²) in [6.07, 6.45) is -3.54. The molecule has 1 saturated heterocycles. The molecule has 4 atom stereocenters. The minimum Gasteiger partial charge on any atom is -0.394 e. The summed E-state index contributed by atoms with van der Waals surface area (Å²) in [5.74, 6) is -0.758. The largest absolute Gasteiger partial charge is 0.394 e. The van der Waals surface area contributed by atoms with Gasteiger partial charge in [0, 0.05) is 6.20 Å². The highest BCUT2D eigenvalue weighted by atomic mass is 19.1. The number of nitrogens with two attached hydrogens (primary N) is 1. The Bertz CT molecular complexity index is 650. The van der Waals surface area contributed by atoms with Crippen molar-refractivity contribution < 1.29 is 23.7 Å². The summed E-state index contributed by atoms with van der Waals surface area (Å²) >= 11 is 0. The van der Waals surface area contributed by atoms with Crippen LogP contribution >= 0.6 is 0 Å². The number of ether oxygens (including phenoxy) is 1. The predicted octanol–water partition coefficient (Wildman–Crippen LogP) is -0.259. The van der Waals surface area contributed by atoms with E-state index in [1.54, 1.807) is 0 Å². The zero-order valence-electron chi connectivity index (χ0n) is 10.1. The number of nitrogens with zero attached hydrogens (tertiary/aromatic N) is 3. The number of rotatable bonds is 2. The minimum atomic E-state index is -1.77. The first-order valence-electron chi connectivity index (χ1n) is 5.89. The van der Waals surface area contributed by atoms with Crippen LogP contribution in [0.5, 0.6) is 0 Å². The lowest BCUT2D eigenvalue weighted by Crippen LogP contribution is -2.29. The average Bonchev–Trinajstić information content (AvgIpc) is 2.90. The van der Waals surface area contributed by atoms with Crippen LogP contribution in [0.3, 0.4) is 0 Å². The lowest BCUT2D eigenvalue weighted by atomic mass is 10.1. The fourth-order valence-electron chi connectivity index (χ4n) is 2.34. The van der Waals surface area contributed by atoms with E-state index in [2.05, 4.69) is 9.97 Å². The molecule has 9 heteroatoms. The molecule has 3 heterocycles. The van der Waals surface area contributed by atoms with E-state index in [1.807, 2.05) is 0 Å². The lowest BCUT2D eigenvalue weighted by Gasteiger charge is -2.16. The maximum Gasteiger partial charge on any atom is 0.164 e. The number of hydrogen-bond acceptors (Lipinski definition) is 6. The van der Waals surface area contributed by atoms with Crippen molar-refractivity contribution >= 4 is 16.9 Å². The Labute approximate surface area is 111 Å². The van der Waals surface area contributed by atoms with Gasteiger partial charge in [0.1, 0.15) is 24.4 Å². The number of halogens is 2. The Morgan fingerprint density at radius 1 is 1.45 bits per heavy atom. The summed E-state index contributed by atoms with van der Waals surface area (Å²) < 4.78 is 33.9. The fraction of sp³-hybridized carbons (Fsp3) is 0.455. The standard InChI is InChI=1S/C11H12F2N4O3/c12-4-1-17(10-6(4)9(14)15-3-16-10)11-8(19)7(13)5(2-18)20-11/h1,3,5,7-8,11,18-19H,2H2,(H2,14,15,16)/t5-,7-,8-,11?/m1/s1. The molecule has 7 nitrogen and oxygen atoms in total. The van der Waals surface area contributed by atoms with E-state index < -0.39 is 37.0 Å². The summed E-state index contributed by atoms with van der Waals surface area (Å²) in [6.45, 7) is -0.590. The first-order chi connectivity index (χ1) is 9.54. The number of aromatic nitrogens is 3. The molecule has 1 fully saturated rings. The van der Waals surface area contributed by atoms with Gasteiger partial charge in [0.05, 0.1) is 12.0 Å². The third kappa shape index (κ3) is 1.74. The van der Waals surface area contributed by atoms with Crippen LogP contribution in [0.1, 0.15) is 6.23 Å². The Morgan fingerprint density at radius 2 is 2.20 bits per heavy atom. The van der Waals surface area contributed by atoms with Crippen LogP contribution in [-0.2, 0) is 4.74 Å². The molecule has 108 valence electrons. The third-order valence-corrected chi connectivity index (χ3v) is 3.33. The van der Waals surface area contributed by atoms with Crippen molar-refractivity contribution in [1.29, 1.82) is 0 Å². The second-order valence-corrected chi connectivity index (χ2v) is 4.52. The molecule has 0 amide bonds. The van der Waals surface area contributed by atoms with E-state index in [4.69, 9.17) is 15.6 Å². The molecular formula is C11H12F2N4O3. The summed E-state index contributed by atoms with van der Waals surface area (Å²) in [5.41, 5.74) is 5.65. The zero-order valence-corrected chi connectivity index (χ0v) is 10.1. The van der Waals surface area contributed by atoms with Crippen LogP contribution in [0.2, 0.25) is 0 Å². The van der Waals surface area contributed by atoms with E-state index in [-0.39, 0.29) is 16.9 Å². The number of aliphatic hydroxyl groups excluding tert-OH is 2. The summed E-state index contributed by atoms with van der Waals surface area (Å²) in [4.78, 5) is 7.54. The maximum absolute atomic E-state index is 13.9. The zero-order chi connectivity index (χ0) is 14.4. The normalized spacial score (nSPS) is 30.2. The molecule has 1 aliphatic rings. The van der Waals surface area contributed by atoms with Crippen LogP contribution in [0.4, 0.5) is 14.6 Å². The van der Waals surface area contributed by atoms with E-state index in [1.165, 1.54) is 0 Å². The molecule has 1 unspecified atom stereocenters. The Balaban J connectivity index is 2.10. The van der Waals surface area contributed by atoms with E-state index >= 15 is 0 Å². The molecule has 0 bridgehead atoms.